The van der Waals surface area contributed by atoms with E-state index in [2.05, 4.69) is 12.2 Å². The molecule has 1 aromatic carbocycles. The third-order valence-corrected chi connectivity index (χ3v) is 4.50. The highest BCUT2D eigenvalue weighted by molar-refractivity contribution is 5.85. The van der Waals surface area contributed by atoms with E-state index in [1.807, 2.05) is 29.2 Å². The van der Waals surface area contributed by atoms with Crippen LogP contribution in [0.1, 0.15) is 44.2 Å². The van der Waals surface area contributed by atoms with Gasteiger partial charge < -0.3 is 15.0 Å². The zero-order valence-electron chi connectivity index (χ0n) is 14.2. The number of unbranched alkanes of at least 4 members (excludes halogenated alkanes) is 1. The summed E-state index contributed by atoms with van der Waals surface area (Å²) in [6.07, 6.45) is 2.93. The van der Waals surface area contributed by atoms with Crippen LogP contribution in [0.5, 0.6) is 5.75 Å². The summed E-state index contributed by atoms with van der Waals surface area (Å²) in [6, 6.07) is 7.40. The molecule has 126 valence electrons. The maximum atomic E-state index is 12.5. The predicted molar refractivity (Wildman–Crippen MR) is 89.1 cm³/mol. The van der Waals surface area contributed by atoms with Crippen molar-refractivity contribution < 1.29 is 14.3 Å². The number of likely N-dealkylation sites (tertiary alicyclic amines) is 1. The van der Waals surface area contributed by atoms with Crippen LogP contribution in [0, 0.1) is 5.92 Å². The van der Waals surface area contributed by atoms with Crippen molar-refractivity contribution in [1.82, 2.24) is 10.2 Å². The molecule has 1 heterocycles. The van der Waals surface area contributed by atoms with Crippen molar-refractivity contribution in [3.8, 4) is 5.75 Å². The second-order valence-electron chi connectivity index (χ2n) is 5.89. The number of hydrogen-bond donors (Lipinski definition) is 1. The Labute approximate surface area is 138 Å². The molecule has 2 amide bonds. The van der Waals surface area contributed by atoms with Crippen LogP contribution in [-0.2, 0) is 9.59 Å². The van der Waals surface area contributed by atoms with Gasteiger partial charge in [-0.25, -0.2) is 0 Å². The number of benzene rings is 1. The number of nitrogens with zero attached hydrogens (tertiary/aromatic N) is 1. The zero-order chi connectivity index (χ0) is 16.8. The maximum Gasteiger partial charge on any atom is 0.225 e. The van der Waals surface area contributed by atoms with E-state index >= 15 is 0 Å². The lowest BCUT2D eigenvalue weighted by Crippen LogP contribution is -2.48. The topological polar surface area (TPSA) is 58.6 Å². The molecular formula is C18H26N2O3. The number of ether oxygens (including phenoxy) is 1. The number of piperidine rings is 1. The summed E-state index contributed by atoms with van der Waals surface area (Å²) in [4.78, 5) is 26.7. The first kappa shape index (κ1) is 17.3. The van der Waals surface area contributed by atoms with Crippen LogP contribution < -0.4 is 10.1 Å². The van der Waals surface area contributed by atoms with Crippen molar-refractivity contribution in [2.75, 3.05) is 20.7 Å². The van der Waals surface area contributed by atoms with Gasteiger partial charge in [0.05, 0.1) is 19.1 Å². The number of rotatable bonds is 6. The molecule has 2 rings (SSSR count). The summed E-state index contributed by atoms with van der Waals surface area (Å²) in [5.74, 6) is 0.581. The summed E-state index contributed by atoms with van der Waals surface area (Å²) < 4.78 is 5.48. The molecule has 0 unspecified atom stereocenters. The van der Waals surface area contributed by atoms with E-state index in [4.69, 9.17) is 4.74 Å². The Kier molecular flexibility index (Phi) is 6.02. The van der Waals surface area contributed by atoms with Crippen molar-refractivity contribution in [1.29, 1.82) is 0 Å². The lowest BCUT2D eigenvalue weighted by atomic mass is 9.83. The molecule has 1 aromatic rings. The Morgan fingerprint density at radius 2 is 2.13 bits per heavy atom. The van der Waals surface area contributed by atoms with Crippen LogP contribution in [0.15, 0.2) is 24.3 Å². The third kappa shape index (κ3) is 3.66. The standard InChI is InChI=1S/C18H26N2O3/c1-4-5-12-20-16(21)11-10-14(18(22)19-2)17(20)13-8-6-7-9-15(13)23-3/h6-9,14,17H,4-5,10-12H2,1-3H3,(H,19,22)/t14-,17-/m0/s1. The molecule has 1 N–H and O–H groups in total. The van der Waals surface area contributed by atoms with Crippen LogP contribution in [0.2, 0.25) is 0 Å². The number of nitrogens with one attached hydrogen (secondary N) is 1. The first-order valence-electron chi connectivity index (χ1n) is 8.28. The monoisotopic (exact) mass is 318 g/mol. The highest BCUT2D eigenvalue weighted by Gasteiger charge is 2.41. The van der Waals surface area contributed by atoms with Crippen molar-refractivity contribution in [3.05, 3.63) is 29.8 Å². The van der Waals surface area contributed by atoms with Crippen LogP contribution in [-0.4, -0.2) is 37.4 Å². The summed E-state index contributed by atoms with van der Waals surface area (Å²) in [5.41, 5.74) is 0.910. The van der Waals surface area contributed by atoms with Gasteiger partial charge in [0.15, 0.2) is 0 Å². The van der Waals surface area contributed by atoms with Gasteiger partial charge in [0, 0.05) is 25.6 Å². The lowest BCUT2D eigenvalue weighted by molar-refractivity contribution is -0.143. The average molecular weight is 318 g/mol. The first-order chi connectivity index (χ1) is 11.1. The molecule has 2 atom stereocenters. The van der Waals surface area contributed by atoms with E-state index in [1.54, 1.807) is 14.2 Å². The van der Waals surface area contributed by atoms with Crippen molar-refractivity contribution in [3.63, 3.8) is 0 Å². The normalized spacial score (nSPS) is 21.2. The van der Waals surface area contributed by atoms with Gasteiger partial charge in [-0.2, -0.15) is 0 Å². The second kappa shape index (κ2) is 7.99. The highest BCUT2D eigenvalue weighted by atomic mass is 16.5. The fourth-order valence-electron chi connectivity index (χ4n) is 3.30. The number of carbonyl (C=O) groups excluding carboxylic acids is 2. The quantitative estimate of drug-likeness (QED) is 0.877. The van der Waals surface area contributed by atoms with E-state index in [1.165, 1.54) is 0 Å². The van der Waals surface area contributed by atoms with Crippen molar-refractivity contribution in [2.45, 2.75) is 38.6 Å². The third-order valence-electron chi connectivity index (χ3n) is 4.50. The van der Waals surface area contributed by atoms with E-state index in [0.717, 1.165) is 24.2 Å². The molecule has 1 saturated heterocycles. The molecule has 0 radical (unpaired) electrons. The second-order valence-corrected chi connectivity index (χ2v) is 5.89. The molecule has 1 aliphatic heterocycles. The minimum absolute atomic E-state index is 0.0186. The Morgan fingerprint density at radius 3 is 2.78 bits per heavy atom. The molecule has 0 saturated carbocycles. The van der Waals surface area contributed by atoms with Gasteiger partial charge in [0.25, 0.3) is 0 Å². The summed E-state index contributed by atoms with van der Waals surface area (Å²) >= 11 is 0. The molecule has 0 aromatic heterocycles. The molecule has 1 fully saturated rings. The minimum Gasteiger partial charge on any atom is -0.496 e. The van der Waals surface area contributed by atoms with Crippen molar-refractivity contribution in [2.24, 2.45) is 5.92 Å². The van der Waals surface area contributed by atoms with Gasteiger partial charge in [-0.05, 0) is 18.9 Å². The molecule has 5 heteroatoms. The van der Waals surface area contributed by atoms with Crippen molar-refractivity contribution >= 4 is 11.8 Å². The smallest absolute Gasteiger partial charge is 0.225 e. The molecule has 0 bridgehead atoms. The Morgan fingerprint density at radius 1 is 1.39 bits per heavy atom. The van der Waals surface area contributed by atoms with Crippen LogP contribution in [0.4, 0.5) is 0 Å². The van der Waals surface area contributed by atoms with Crippen LogP contribution >= 0.6 is 0 Å². The highest BCUT2D eigenvalue weighted by Crippen LogP contribution is 2.40. The molecule has 23 heavy (non-hydrogen) atoms. The lowest BCUT2D eigenvalue weighted by Gasteiger charge is -2.41. The van der Waals surface area contributed by atoms with Gasteiger partial charge >= 0.3 is 0 Å². The fraction of sp³-hybridized carbons (Fsp3) is 0.556. The first-order valence-corrected chi connectivity index (χ1v) is 8.28. The molecular weight excluding hydrogens is 292 g/mol. The van der Waals surface area contributed by atoms with E-state index in [9.17, 15) is 9.59 Å². The average Bonchev–Trinajstić information content (AvgIpc) is 2.59. The largest absolute Gasteiger partial charge is 0.496 e. The number of para-hydroxylation sites is 1. The minimum atomic E-state index is -0.265. The molecule has 0 aliphatic carbocycles. The predicted octanol–water partition coefficient (Wildman–Crippen LogP) is 2.52. The van der Waals surface area contributed by atoms with E-state index < -0.39 is 0 Å². The molecule has 5 nitrogen and oxygen atoms in total. The Balaban J connectivity index is 2.45. The fourth-order valence-corrected chi connectivity index (χ4v) is 3.30. The van der Waals surface area contributed by atoms with Gasteiger partial charge in [0.1, 0.15) is 5.75 Å². The van der Waals surface area contributed by atoms with Gasteiger partial charge in [-0.1, -0.05) is 31.5 Å². The van der Waals surface area contributed by atoms with Crippen LogP contribution in [0.3, 0.4) is 0 Å². The number of carbonyl (C=O) groups is 2. The summed E-state index contributed by atoms with van der Waals surface area (Å²) in [6.45, 7) is 2.77. The van der Waals surface area contributed by atoms with Gasteiger partial charge in [-0.3, -0.25) is 9.59 Å². The van der Waals surface area contributed by atoms with E-state index in [-0.39, 0.29) is 23.8 Å². The zero-order valence-corrected chi connectivity index (χ0v) is 14.2. The number of methoxy groups -OCH3 is 1. The number of hydrogen-bond acceptors (Lipinski definition) is 3. The Bertz CT molecular complexity index is 559. The van der Waals surface area contributed by atoms with Gasteiger partial charge in [-0.15, -0.1) is 0 Å². The summed E-state index contributed by atoms with van der Waals surface area (Å²) in [5, 5.41) is 2.75. The SMILES string of the molecule is CCCCN1C(=O)CC[C@H](C(=O)NC)[C@@H]1c1ccccc1OC. The van der Waals surface area contributed by atoms with Gasteiger partial charge in [0.2, 0.25) is 11.8 Å². The molecule has 0 spiro atoms. The summed E-state index contributed by atoms with van der Waals surface area (Å²) in [7, 11) is 3.27. The molecule has 1 aliphatic rings. The van der Waals surface area contributed by atoms with E-state index in [0.29, 0.717) is 19.4 Å². The van der Waals surface area contributed by atoms with Crippen LogP contribution in [0.25, 0.3) is 0 Å². The Hall–Kier alpha value is -2.04. The maximum absolute atomic E-state index is 12.5. The number of amides is 2.